The molecular weight excluding hydrogens is 287 g/mol. The molecule has 5 heteroatoms. The van der Waals surface area contributed by atoms with Crippen molar-refractivity contribution >= 4 is 15.9 Å². The van der Waals surface area contributed by atoms with Crippen LogP contribution in [0.25, 0.3) is 0 Å². The summed E-state index contributed by atoms with van der Waals surface area (Å²) >= 11 is 3.13. The standard InChI is InChI=1S/C12H10BrFN2O/c13-9-5-10(14)12(16-7-9)17-11-4-2-1-3-8(11)6-15/h1-5,7H,6,15H2. The van der Waals surface area contributed by atoms with Gasteiger partial charge in [0, 0.05) is 22.8 Å². The van der Waals surface area contributed by atoms with Gasteiger partial charge in [-0.25, -0.2) is 9.37 Å². The molecule has 0 aliphatic heterocycles. The highest BCUT2D eigenvalue weighted by Crippen LogP contribution is 2.26. The molecule has 2 N–H and O–H groups in total. The van der Waals surface area contributed by atoms with Crippen LogP contribution in [0.3, 0.4) is 0 Å². The van der Waals surface area contributed by atoms with Crippen LogP contribution in [-0.4, -0.2) is 4.98 Å². The van der Waals surface area contributed by atoms with E-state index in [2.05, 4.69) is 20.9 Å². The highest BCUT2D eigenvalue weighted by atomic mass is 79.9. The summed E-state index contributed by atoms with van der Waals surface area (Å²) in [5, 5.41) is 0. The average Bonchev–Trinajstić information content (AvgIpc) is 2.33. The number of ether oxygens (including phenoxy) is 1. The van der Waals surface area contributed by atoms with Gasteiger partial charge < -0.3 is 10.5 Å². The second-order valence-corrected chi connectivity index (χ2v) is 4.27. The Morgan fingerprint density at radius 2 is 2.12 bits per heavy atom. The number of hydrogen-bond donors (Lipinski definition) is 1. The van der Waals surface area contributed by atoms with Crippen LogP contribution in [0.4, 0.5) is 4.39 Å². The van der Waals surface area contributed by atoms with E-state index in [9.17, 15) is 4.39 Å². The van der Waals surface area contributed by atoms with Gasteiger partial charge >= 0.3 is 0 Å². The van der Waals surface area contributed by atoms with Gasteiger partial charge in [-0.05, 0) is 28.1 Å². The Hall–Kier alpha value is -1.46. The highest BCUT2D eigenvalue weighted by Gasteiger charge is 2.09. The Morgan fingerprint density at radius 1 is 1.35 bits per heavy atom. The van der Waals surface area contributed by atoms with Gasteiger partial charge in [0.25, 0.3) is 5.88 Å². The van der Waals surface area contributed by atoms with Gasteiger partial charge in [0.1, 0.15) is 5.75 Å². The highest BCUT2D eigenvalue weighted by molar-refractivity contribution is 9.10. The summed E-state index contributed by atoms with van der Waals surface area (Å²) in [6.07, 6.45) is 1.48. The summed E-state index contributed by atoms with van der Waals surface area (Å²) in [4.78, 5) is 3.86. The van der Waals surface area contributed by atoms with Gasteiger partial charge in [-0.3, -0.25) is 0 Å². The second kappa shape index (κ2) is 5.25. The molecule has 2 aromatic rings. The minimum atomic E-state index is -0.522. The van der Waals surface area contributed by atoms with E-state index < -0.39 is 5.82 Å². The van der Waals surface area contributed by atoms with Crippen LogP contribution in [-0.2, 0) is 6.54 Å². The topological polar surface area (TPSA) is 48.1 Å². The van der Waals surface area contributed by atoms with Gasteiger partial charge in [-0.15, -0.1) is 0 Å². The summed E-state index contributed by atoms with van der Waals surface area (Å²) in [6.45, 7) is 0.328. The normalized spacial score (nSPS) is 10.3. The van der Waals surface area contributed by atoms with E-state index in [0.717, 1.165) is 5.56 Å². The first-order valence-corrected chi connectivity index (χ1v) is 5.77. The lowest BCUT2D eigenvalue weighted by Gasteiger charge is -2.09. The number of aromatic nitrogens is 1. The fourth-order valence-corrected chi connectivity index (χ4v) is 1.66. The summed E-state index contributed by atoms with van der Waals surface area (Å²) < 4.78 is 19.5. The number of para-hydroxylation sites is 1. The molecule has 0 atom stereocenters. The van der Waals surface area contributed by atoms with Crippen molar-refractivity contribution in [3.05, 3.63) is 52.4 Å². The predicted molar refractivity (Wildman–Crippen MR) is 66.3 cm³/mol. The molecule has 0 aliphatic rings. The molecule has 88 valence electrons. The number of nitrogens with two attached hydrogens (primary N) is 1. The molecule has 0 radical (unpaired) electrons. The van der Waals surface area contributed by atoms with Crippen molar-refractivity contribution in [2.45, 2.75) is 6.54 Å². The van der Waals surface area contributed by atoms with E-state index in [-0.39, 0.29) is 5.88 Å². The number of rotatable bonds is 3. The molecule has 17 heavy (non-hydrogen) atoms. The zero-order valence-corrected chi connectivity index (χ0v) is 10.4. The second-order valence-electron chi connectivity index (χ2n) is 3.35. The van der Waals surface area contributed by atoms with Crippen molar-refractivity contribution in [3.8, 4) is 11.6 Å². The van der Waals surface area contributed by atoms with Crippen molar-refractivity contribution in [2.24, 2.45) is 5.73 Å². The Bertz CT molecular complexity index is 534. The maximum atomic E-state index is 13.5. The van der Waals surface area contributed by atoms with Crippen molar-refractivity contribution in [2.75, 3.05) is 0 Å². The smallest absolute Gasteiger partial charge is 0.255 e. The largest absolute Gasteiger partial charge is 0.436 e. The molecule has 0 saturated carbocycles. The lowest BCUT2D eigenvalue weighted by atomic mass is 10.2. The summed E-state index contributed by atoms with van der Waals surface area (Å²) in [5.41, 5.74) is 6.37. The lowest BCUT2D eigenvalue weighted by Crippen LogP contribution is -2.00. The quantitative estimate of drug-likeness (QED) is 0.946. The maximum Gasteiger partial charge on any atom is 0.255 e. The van der Waals surface area contributed by atoms with Gasteiger partial charge in [0.2, 0.25) is 0 Å². The third-order valence-electron chi connectivity index (χ3n) is 2.17. The van der Waals surface area contributed by atoms with Gasteiger partial charge in [0.05, 0.1) is 0 Å². The molecule has 0 spiro atoms. The number of hydrogen-bond acceptors (Lipinski definition) is 3. The summed E-state index contributed by atoms with van der Waals surface area (Å²) in [6, 6.07) is 8.50. The van der Waals surface area contributed by atoms with E-state index in [4.69, 9.17) is 10.5 Å². The number of pyridine rings is 1. The molecule has 0 aliphatic carbocycles. The first kappa shape index (κ1) is 12.0. The van der Waals surface area contributed by atoms with Crippen LogP contribution in [0.5, 0.6) is 11.6 Å². The minimum absolute atomic E-state index is 0.0610. The van der Waals surface area contributed by atoms with Crippen LogP contribution in [0, 0.1) is 5.82 Å². The predicted octanol–water partition coefficient (Wildman–Crippen LogP) is 3.23. The molecule has 0 bridgehead atoms. The molecule has 3 nitrogen and oxygen atoms in total. The maximum absolute atomic E-state index is 13.5. The zero-order chi connectivity index (χ0) is 12.3. The third-order valence-corrected chi connectivity index (χ3v) is 2.61. The van der Waals surface area contributed by atoms with E-state index in [1.54, 1.807) is 12.1 Å². The van der Waals surface area contributed by atoms with Crippen LogP contribution < -0.4 is 10.5 Å². The molecule has 0 fully saturated rings. The molecule has 1 aromatic heterocycles. The van der Waals surface area contributed by atoms with Gasteiger partial charge in [-0.1, -0.05) is 18.2 Å². The van der Waals surface area contributed by atoms with Crippen molar-refractivity contribution in [1.82, 2.24) is 4.98 Å². The molecule has 1 heterocycles. The minimum Gasteiger partial charge on any atom is -0.436 e. The molecular formula is C12H10BrFN2O. The Labute approximate surface area is 107 Å². The van der Waals surface area contributed by atoms with Gasteiger partial charge in [0.15, 0.2) is 5.82 Å². The first-order chi connectivity index (χ1) is 8.20. The molecule has 1 aromatic carbocycles. The third kappa shape index (κ3) is 2.81. The molecule has 2 rings (SSSR count). The lowest BCUT2D eigenvalue weighted by molar-refractivity contribution is 0.418. The monoisotopic (exact) mass is 296 g/mol. The zero-order valence-electron chi connectivity index (χ0n) is 8.86. The number of halogens is 2. The molecule has 0 saturated heterocycles. The van der Waals surface area contributed by atoms with Crippen molar-refractivity contribution < 1.29 is 9.13 Å². The van der Waals surface area contributed by atoms with Crippen LogP contribution >= 0.6 is 15.9 Å². The van der Waals surface area contributed by atoms with E-state index in [1.807, 2.05) is 12.1 Å². The van der Waals surface area contributed by atoms with E-state index in [0.29, 0.717) is 16.8 Å². The van der Waals surface area contributed by atoms with Crippen LogP contribution in [0.15, 0.2) is 41.0 Å². The van der Waals surface area contributed by atoms with E-state index in [1.165, 1.54) is 12.3 Å². The van der Waals surface area contributed by atoms with E-state index >= 15 is 0 Å². The first-order valence-electron chi connectivity index (χ1n) is 4.97. The fourth-order valence-electron chi connectivity index (χ4n) is 1.35. The SMILES string of the molecule is NCc1ccccc1Oc1ncc(Br)cc1F. The Balaban J connectivity index is 2.31. The summed E-state index contributed by atoms with van der Waals surface area (Å²) in [5.74, 6) is -0.0657. The van der Waals surface area contributed by atoms with Crippen molar-refractivity contribution in [1.29, 1.82) is 0 Å². The van der Waals surface area contributed by atoms with Crippen LogP contribution in [0.2, 0.25) is 0 Å². The van der Waals surface area contributed by atoms with Crippen molar-refractivity contribution in [3.63, 3.8) is 0 Å². The number of nitrogens with zero attached hydrogens (tertiary/aromatic N) is 1. The average molecular weight is 297 g/mol. The van der Waals surface area contributed by atoms with Gasteiger partial charge in [-0.2, -0.15) is 0 Å². The Morgan fingerprint density at radius 3 is 2.82 bits per heavy atom. The Kier molecular flexibility index (Phi) is 3.71. The fraction of sp³-hybridized carbons (Fsp3) is 0.0833. The summed E-state index contributed by atoms with van der Waals surface area (Å²) in [7, 11) is 0. The number of benzene rings is 1. The molecule has 0 unspecified atom stereocenters. The molecule has 0 amide bonds. The van der Waals surface area contributed by atoms with Crippen LogP contribution in [0.1, 0.15) is 5.56 Å².